The minimum atomic E-state index is -0.458. The van der Waals surface area contributed by atoms with Crippen molar-refractivity contribution in [1.82, 2.24) is 0 Å². The second-order valence-corrected chi connectivity index (χ2v) is 4.68. The fourth-order valence-corrected chi connectivity index (χ4v) is 2.45. The van der Waals surface area contributed by atoms with Gasteiger partial charge in [-0.3, -0.25) is 10.1 Å². The average Bonchev–Trinajstić information content (AvgIpc) is 2.81. The molecule has 1 aromatic heterocycles. The van der Waals surface area contributed by atoms with E-state index in [1.54, 1.807) is 0 Å². The number of nitrogens with zero attached hydrogens (tertiary/aromatic N) is 1. The highest BCUT2D eigenvalue weighted by atomic mass is 35.5. The molecule has 0 aliphatic carbocycles. The van der Waals surface area contributed by atoms with Crippen molar-refractivity contribution in [2.24, 2.45) is 5.73 Å². The number of hydrogen-bond donors (Lipinski definition) is 1. The Kier molecular flexibility index (Phi) is 3.42. The van der Waals surface area contributed by atoms with Gasteiger partial charge < -0.3 is 5.73 Å². The zero-order chi connectivity index (χ0) is 12.4. The molecule has 17 heavy (non-hydrogen) atoms. The van der Waals surface area contributed by atoms with Crippen molar-refractivity contribution in [1.29, 1.82) is 0 Å². The normalized spacial score (nSPS) is 12.4. The summed E-state index contributed by atoms with van der Waals surface area (Å²) in [6, 6.07) is 5.73. The molecule has 0 bridgehead atoms. The topological polar surface area (TPSA) is 69.2 Å². The monoisotopic (exact) mass is 268 g/mol. The highest BCUT2D eigenvalue weighted by molar-refractivity contribution is 7.08. The van der Waals surface area contributed by atoms with E-state index in [4.69, 9.17) is 17.3 Å². The Morgan fingerprint density at radius 3 is 2.76 bits per heavy atom. The van der Waals surface area contributed by atoms with Gasteiger partial charge in [-0.05, 0) is 34.0 Å². The summed E-state index contributed by atoms with van der Waals surface area (Å²) in [5.41, 5.74) is 7.49. The van der Waals surface area contributed by atoms with E-state index < -0.39 is 11.0 Å². The molecule has 2 rings (SSSR count). The molecule has 0 aliphatic heterocycles. The first kappa shape index (κ1) is 12.0. The van der Waals surface area contributed by atoms with Crippen molar-refractivity contribution >= 4 is 28.6 Å². The van der Waals surface area contributed by atoms with E-state index in [9.17, 15) is 10.1 Å². The first-order valence-corrected chi connectivity index (χ1v) is 6.13. The first-order chi connectivity index (χ1) is 8.09. The third-order valence-electron chi connectivity index (χ3n) is 2.43. The number of hydrogen-bond acceptors (Lipinski definition) is 4. The summed E-state index contributed by atoms with van der Waals surface area (Å²) in [5.74, 6) is 0. The molecule has 0 fully saturated rings. The van der Waals surface area contributed by atoms with E-state index in [0.29, 0.717) is 10.6 Å². The molecular formula is C11H9ClN2O2S. The summed E-state index contributed by atoms with van der Waals surface area (Å²) >= 11 is 7.54. The van der Waals surface area contributed by atoms with Gasteiger partial charge in [-0.25, -0.2) is 0 Å². The minimum Gasteiger partial charge on any atom is -0.320 e. The van der Waals surface area contributed by atoms with E-state index in [0.717, 1.165) is 5.56 Å². The second kappa shape index (κ2) is 4.83. The third-order valence-corrected chi connectivity index (χ3v) is 3.47. The van der Waals surface area contributed by atoms with Crippen LogP contribution in [0.1, 0.15) is 17.2 Å². The summed E-state index contributed by atoms with van der Waals surface area (Å²) in [4.78, 5) is 10.2. The molecule has 0 radical (unpaired) electrons. The summed E-state index contributed by atoms with van der Waals surface area (Å²) in [5, 5.41) is 14.9. The highest BCUT2D eigenvalue weighted by Crippen LogP contribution is 2.30. The van der Waals surface area contributed by atoms with Gasteiger partial charge in [-0.1, -0.05) is 11.6 Å². The quantitative estimate of drug-likeness (QED) is 0.685. The number of non-ortho nitro benzene ring substituents is 1. The van der Waals surface area contributed by atoms with Crippen LogP contribution in [0.25, 0.3) is 0 Å². The molecular weight excluding hydrogens is 260 g/mol. The van der Waals surface area contributed by atoms with Crippen LogP contribution in [0.3, 0.4) is 0 Å². The Bertz CT molecular complexity index is 542. The van der Waals surface area contributed by atoms with Crippen molar-refractivity contribution in [2.75, 3.05) is 0 Å². The Hall–Kier alpha value is -1.43. The van der Waals surface area contributed by atoms with Gasteiger partial charge in [0.1, 0.15) is 0 Å². The van der Waals surface area contributed by atoms with Crippen molar-refractivity contribution in [2.45, 2.75) is 6.04 Å². The van der Waals surface area contributed by atoms with Crippen LogP contribution >= 0.6 is 22.9 Å². The number of benzene rings is 1. The van der Waals surface area contributed by atoms with Crippen molar-refractivity contribution in [3.8, 4) is 0 Å². The molecule has 6 heteroatoms. The van der Waals surface area contributed by atoms with Gasteiger partial charge >= 0.3 is 0 Å². The molecule has 2 N–H and O–H groups in total. The molecule has 4 nitrogen and oxygen atoms in total. The summed E-state index contributed by atoms with van der Waals surface area (Å²) in [6.07, 6.45) is 0. The molecule has 1 aromatic carbocycles. The lowest BCUT2D eigenvalue weighted by Gasteiger charge is -2.11. The van der Waals surface area contributed by atoms with Crippen LogP contribution in [0.5, 0.6) is 0 Å². The summed E-state index contributed by atoms with van der Waals surface area (Å²) < 4.78 is 0. The molecule has 0 spiro atoms. The third kappa shape index (κ3) is 2.46. The molecule has 0 saturated carbocycles. The summed E-state index contributed by atoms with van der Waals surface area (Å²) in [7, 11) is 0. The van der Waals surface area contributed by atoms with Crippen LogP contribution in [0, 0.1) is 10.1 Å². The number of rotatable bonds is 3. The van der Waals surface area contributed by atoms with Gasteiger partial charge in [0.15, 0.2) is 0 Å². The van der Waals surface area contributed by atoms with Gasteiger partial charge in [0, 0.05) is 17.2 Å². The molecule has 1 heterocycles. The predicted molar refractivity (Wildman–Crippen MR) is 68.5 cm³/mol. The molecule has 0 unspecified atom stereocenters. The Morgan fingerprint density at radius 1 is 1.41 bits per heavy atom. The SMILES string of the molecule is N[C@H](c1ccsc1)c1cc([N+](=O)[O-])ccc1Cl. The molecule has 1 atom stereocenters. The molecule has 88 valence electrons. The molecule has 0 amide bonds. The first-order valence-electron chi connectivity index (χ1n) is 4.81. The highest BCUT2D eigenvalue weighted by Gasteiger charge is 2.16. The maximum absolute atomic E-state index is 10.7. The van der Waals surface area contributed by atoms with E-state index in [1.165, 1.54) is 29.5 Å². The molecule has 0 aliphatic rings. The van der Waals surface area contributed by atoms with E-state index in [-0.39, 0.29) is 5.69 Å². The van der Waals surface area contributed by atoms with Gasteiger partial charge in [-0.2, -0.15) is 11.3 Å². The van der Waals surface area contributed by atoms with Gasteiger partial charge in [0.05, 0.1) is 11.0 Å². The predicted octanol–water partition coefficient (Wildman–Crippen LogP) is 3.36. The second-order valence-electron chi connectivity index (χ2n) is 3.50. The number of halogens is 1. The van der Waals surface area contributed by atoms with Crippen molar-refractivity contribution in [3.63, 3.8) is 0 Å². The van der Waals surface area contributed by atoms with Crippen molar-refractivity contribution < 1.29 is 4.92 Å². The molecule has 0 saturated heterocycles. The van der Waals surface area contributed by atoms with Crippen LogP contribution < -0.4 is 5.73 Å². The smallest absolute Gasteiger partial charge is 0.269 e. The van der Waals surface area contributed by atoms with E-state index in [1.807, 2.05) is 16.8 Å². The Labute approximate surface area is 107 Å². The van der Waals surface area contributed by atoms with Crippen LogP contribution in [0.4, 0.5) is 5.69 Å². The number of thiophene rings is 1. The lowest BCUT2D eigenvalue weighted by molar-refractivity contribution is -0.384. The van der Waals surface area contributed by atoms with Crippen LogP contribution in [0.15, 0.2) is 35.0 Å². The van der Waals surface area contributed by atoms with Gasteiger partial charge in [0.2, 0.25) is 0 Å². The maximum Gasteiger partial charge on any atom is 0.269 e. The van der Waals surface area contributed by atoms with Gasteiger partial charge in [0.25, 0.3) is 5.69 Å². The fraction of sp³-hybridized carbons (Fsp3) is 0.0909. The minimum absolute atomic E-state index is 0.00456. The maximum atomic E-state index is 10.7. The van der Waals surface area contributed by atoms with Gasteiger partial charge in [-0.15, -0.1) is 0 Å². The zero-order valence-corrected chi connectivity index (χ0v) is 10.2. The van der Waals surface area contributed by atoms with Crippen LogP contribution in [-0.2, 0) is 0 Å². The summed E-state index contributed by atoms with van der Waals surface area (Å²) in [6.45, 7) is 0. The molecule has 2 aromatic rings. The standard InChI is InChI=1S/C11H9ClN2O2S/c12-10-2-1-8(14(15)16)5-9(10)11(13)7-3-4-17-6-7/h1-6,11H,13H2/t11-/m1/s1. The fourth-order valence-electron chi connectivity index (χ4n) is 1.51. The number of nitro groups is 1. The lowest BCUT2D eigenvalue weighted by Crippen LogP contribution is -2.11. The lowest BCUT2D eigenvalue weighted by atomic mass is 10.0. The average molecular weight is 269 g/mol. The van der Waals surface area contributed by atoms with Crippen LogP contribution in [0.2, 0.25) is 5.02 Å². The number of nitro benzene ring substituents is 1. The van der Waals surface area contributed by atoms with Crippen LogP contribution in [-0.4, -0.2) is 4.92 Å². The zero-order valence-electron chi connectivity index (χ0n) is 8.67. The Morgan fingerprint density at radius 2 is 2.18 bits per heavy atom. The van der Waals surface area contributed by atoms with Crippen molar-refractivity contribution in [3.05, 3.63) is 61.3 Å². The Balaban J connectivity index is 2.44. The largest absolute Gasteiger partial charge is 0.320 e. The van der Waals surface area contributed by atoms with E-state index in [2.05, 4.69) is 0 Å². The number of nitrogens with two attached hydrogens (primary N) is 1. The van der Waals surface area contributed by atoms with E-state index >= 15 is 0 Å².